The highest BCUT2D eigenvalue weighted by Crippen LogP contribution is 2.43. The van der Waals surface area contributed by atoms with Gasteiger partial charge < -0.3 is 39.4 Å². The van der Waals surface area contributed by atoms with Crippen molar-refractivity contribution in [3.63, 3.8) is 0 Å². The molecular formula is C46H46ClN7O9S. The number of fused-ring (bicyclic) bond motifs is 2. The molecule has 9 rings (SSSR count). The van der Waals surface area contributed by atoms with Gasteiger partial charge >= 0.3 is 0 Å². The number of nitro benzene ring substituents is 1. The molecule has 332 valence electrons. The summed E-state index contributed by atoms with van der Waals surface area (Å²) in [6.07, 6.45) is 1.72. The Bertz CT molecular complexity index is 2810. The van der Waals surface area contributed by atoms with Crippen LogP contribution in [-0.2, 0) is 19.5 Å². The zero-order valence-corrected chi connectivity index (χ0v) is 36.3. The quantitative estimate of drug-likeness (QED) is 0.0691. The minimum atomic E-state index is -4.62. The summed E-state index contributed by atoms with van der Waals surface area (Å²) in [7, 11) is -4.62. The number of sulfonamides is 1. The number of anilines is 4. The van der Waals surface area contributed by atoms with Crippen molar-refractivity contribution in [2.24, 2.45) is 5.92 Å². The molecule has 6 aromatic rings. The van der Waals surface area contributed by atoms with Crippen LogP contribution in [0.3, 0.4) is 0 Å². The van der Waals surface area contributed by atoms with Gasteiger partial charge in [-0.2, -0.15) is 4.98 Å². The van der Waals surface area contributed by atoms with Crippen molar-refractivity contribution in [3.05, 3.63) is 130 Å². The Morgan fingerprint density at radius 1 is 1.02 bits per heavy atom. The van der Waals surface area contributed by atoms with Gasteiger partial charge in [0, 0.05) is 48.0 Å². The molecule has 0 aliphatic carbocycles. The van der Waals surface area contributed by atoms with E-state index in [0.717, 1.165) is 33.8 Å². The summed E-state index contributed by atoms with van der Waals surface area (Å²) in [4.78, 5) is 37.2. The molecule has 5 heterocycles. The highest BCUT2D eigenvalue weighted by Gasteiger charge is 2.33. The first-order chi connectivity index (χ1) is 30.9. The fourth-order valence-electron chi connectivity index (χ4n) is 8.65. The summed E-state index contributed by atoms with van der Waals surface area (Å²) in [5.41, 5.74) is 4.84. The van der Waals surface area contributed by atoms with Gasteiger partial charge in [0.05, 0.1) is 59.6 Å². The molecule has 0 bridgehead atoms. The second kappa shape index (κ2) is 18.1. The molecule has 2 aromatic heterocycles. The van der Waals surface area contributed by atoms with Gasteiger partial charge in [0.1, 0.15) is 23.1 Å². The van der Waals surface area contributed by atoms with Crippen molar-refractivity contribution in [1.82, 2.24) is 14.7 Å². The lowest BCUT2D eigenvalue weighted by molar-refractivity contribution is -0.384. The number of hydrogen-bond acceptors (Lipinski definition) is 13. The lowest BCUT2D eigenvalue weighted by atomic mass is 9.84. The second-order valence-corrected chi connectivity index (χ2v) is 18.3. The second-order valence-electron chi connectivity index (χ2n) is 16.2. The number of rotatable bonds is 12. The largest absolute Gasteiger partial charge is 0.471 e. The average molecular weight is 908 g/mol. The van der Waals surface area contributed by atoms with E-state index in [1.807, 2.05) is 78.6 Å². The monoisotopic (exact) mass is 907 g/mol. The molecule has 1 amide bonds. The Labute approximate surface area is 374 Å². The van der Waals surface area contributed by atoms with Gasteiger partial charge in [-0.3, -0.25) is 14.9 Å². The molecule has 18 heteroatoms. The normalized spacial score (nSPS) is 18.5. The fourth-order valence-corrected chi connectivity index (χ4v) is 9.76. The van der Waals surface area contributed by atoms with Crippen molar-refractivity contribution in [2.45, 2.75) is 43.0 Å². The maximum atomic E-state index is 14.3. The Kier molecular flexibility index (Phi) is 12.2. The van der Waals surface area contributed by atoms with Gasteiger partial charge in [-0.15, -0.1) is 0 Å². The first-order valence-electron chi connectivity index (χ1n) is 21.0. The van der Waals surface area contributed by atoms with E-state index in [9.17, 15) is 28.4 Å². The maximum Gasteiger partial charge on any atom is 0.293 e. The summed E-state index contributed by atoms with van der Waals surface area (Å²) >= 11 is 6.17. The number of carbonyl (C=O) groups excluding carboxylic acids is 1. The topological polar surface area (TPSA) is 201 Å². The number of H-pyrrole nitrogens is 1. The summed E-state index contributed by atoms with van der Waals surface area (Å²) in [5.74, 6) is -0.615. The lowest BCUT2D eigenvalue weighted by Gasteiger charge is -2.38. The Morgan fingerprint density at radius 3 is 2.58 bits per heavy atom. The Hall–Kier alpha value is -6.24. The summed E-state index contributed by atoms with van der Waals surface area (Å²) in [6.45, 7) is 4.78. The number of halogens is 1. The minimum absolute atomic E-state index is 0.0255. The lowest BCUT2D eigenvalue weighted by Crippen LogP contribution is -2.38. The van der Waals surface area contributed by atoms with Crippen LogP contribution in [0.5, 0.6) is 5.88 Å². The molecule has 2 fully saturated rings. The average Bonchev–Trinajstić information content (AvgIpc) is 3.77. The highest BCUT2D eigenvalue weighted by atomic mass is 35.5. The van der Waals surface area contributed by atoms with Gasteiger partial charge in [0.15, 0.2) is 0 Å². The van der Waals surface area contributed by atoms with Crippen LogP contribution in [0.2, 0.25) is 5.02 Å². The molecular weight excluding hydrogens is 862 g/mol. The number of nitrogens with zero attached hydrogens (tertiary/aromatic N) is 4. The molecule has 64 heavy (non-hydrogen) atoms. The van der Waals surface area contributed by atoms with Crippen molar-refractivity contribution < 1.29 is 37.5 Å². The number of aromatic amines is 1. The number of hydrogen-bond donors (Lipinski definition) is 4. The number of nitrogens with one attached hydrogen (secondary N) is 3. The smallest absolute Gasteiger partial charge is 0.293 e. The maximum absolute atomic E-state index is 14.3. The predicted octanol–water partition coefficient (Wildman–Crippen LogP) is 7.61. The van der Waals surface area contributed by atoms with E-state index in [-0.39, 0.29) is 35.9 Å². The molecule has 0 saturated carbocycles. The summed E-state index contributed by atoms with van der Waals surface area (Å²) < 4.78 is 47.1. The molecule has 3 aliphatic heterocycles. The number of piperidine rings is 1. The third-order valence-electron chi connectivity index (χ3n) is 11.9. The number of aromatic nitrogens is 2. The van der Waals surface area contributed by atoms with Crippen LogP contribution >= 0.6 is 11.6 Å². The summed E-state index contributed by atoms with van der Waals surface area (Å²) in [5, 5.41) is 28.3. The zero-order chi connectivity index (χ0) is 44.5. The van der Waals surface area contributed by atoms with E-state index in [1.54, 1.807) is 18.3 Å². The SMILES string of the molecule is C[C@@H]1CN(c2cc(N3CCC(C(O)c4ccccc4-c4ccc(Cl)cc4)CC3)ccc2C(=O)NS(=O)(=O)c2ccc(NC[C@@H]3COCCO3)c([N+](=O)[O-])c2)c2cc3cc[nH]c3nc2O1. The molecule has 4 N–H and O–H groups in total. The van der Waals surface area contributed by atoms with E-state index >= 15 is 0 Å². The van der Waals surface area contributed by atoms with Crippen molar-refractivity contribution in [2.75, 3.05) is 61.1 Å². The van der Waals surface area contributed by atoms with Crippen LogP contribution in [0.15, 0.2) is 108 Å². The van der Waals surface area contributed by atoms with Crippen LogP contribution < -0.4 is 24.6 Å². The van der Waals surface area contributed by atoms with Gasteiger partial charge in [-0.25, -0.2) is 13.1 Å². The molecule has 4 aromatic carbocycles. The Morgan fingerprint density at radius 2 is 1.81 bits per heavy atom. The third-order valence-corrected chi connectivity index (χ3v) is 13.5. The van der Waals surface area contributed by atoms with Crippen molar-refractivity contribution >= 4 is 67.0 Å². The highest BCUT2D eigenvalue weighted by molar-refractivity contribution is 7.90. The number of pyridine rings is 1. The summed E-state index contributed by atoms with van der Waals surface area (Å²) in [6, 6.07) is 27.9. The molecule has 2 saturated heterocycles. The predicted molar refractivity (Wildman–Crippen MR) is 243 cm³/mol. The number of nitro groups is 1. The number of benzene rings is 4. The molecule has 0 radical (unpaired) electrons. The first-order valence-corrected chi connectivity index (χ1v) is 22.9. The van der Waals surface area contributed by atoms with Crippen molar-refractivity contribution in [3.8, 4) is 17.0 Å². The molecule has 1 unspecified atom stereocenters. The zero-order valence-electron chi connectivity index (χ0n) is 34.8. The minimum Gasteiger partial charge on any atom is -0.471 e. The van der Waals surface area contributed by atoms with E-state index in [0.29, 0.717) is 80.2 Å². The first kappa shape index (κ1) is 43.0. The molecule has 3 atom stereocenters. The number of ether oxygens (including phenoxy) is 3. The van der Waals surface area contributed by atoms with Crippen LogP contribution in [0.1, 0.15) is 41.8 Å². The molecule has 3 aliphatic rings. The number of aliphatic hydroxyl groups is 1. The van der Waals surface area contributed by atoms with Crippen LogP contribution in [0.4, 0.5) is 28.4 Å². The van der Waals surface area contributed by atoms with Gasteiger partial charge in [0.25, 0.3) is 21.6 Å². The van der Waals surface area contributed by atoms with E-state index in [1.165, 1.54) is 12.1 Å². The van der Waals surface area contributed by atoms with Gasteiger partial charge in [-0.05, 0) is 97.0 Å². The third kappa shape index (κ3) is 8.94. The van der Waals surface area contributed by atoms with Crippen LogP contribution in [0.25, 0.3) is 22.2 Å². The van der Waals surface area contributed by atoms with Gasteiger partial charge in [0.2, 0.25) is 5.88 Å². The van der Waals surface area contributed by atoms with E-state index in [4.69, 9.17) is 30.8 Å². The van der Waals surface area contributed by atoms with Crippen molar-refractivity contribution in [1.29, 1.82) is 0 Å². The van der Waals surface area contributed by atoms with Gasteiger partial charge in [-0.1, -0.05) is 48.0 Å². The number of amides is 1. The number of carbonyl (C=O) groups is 1. The fraction of sp³-hybridized carbons (Fsp3) is 0.304. The molecule has 16 nitrogen and oxygen atoms in total. The number of aliphatic hydroxyl groups excluding tert-OH is 1. The molecule has 0 spiro atoms. The van der Waals surface area contributed by atoms with Crippen LogP contribution in [-0.4, -0.2) is 92.5 Å². The standard InChI is InChI=1S/C46H46ClN7O9S/c1-28-26-53(42-22-31-14-17-48-44(31)50-46(42)63-28)40-23-33(52-18-15-30(16-19-52)43(55)37-5-3-2-4-36(37)29-6-8-32(47)9-7-29)10-12-38(40)45(56)51-64(59,60)35-11-13-39(41(24-35)54(57)58)49-25-34-27-61-20-21-62-34/h2-14,17,22-24,28,30,34,43,49,55H,15-16,18-21,25-27H2,1H3,(H,48,50)(H,51,56)/t28-,34-,43?/m1/s1. The van der Waals surface area contributed by atoms with E-state index in [2.05, 4.69) is 19.9 Å². The Balaban J connectivity index is 0.996. The van der Waals surface area contributed by atoms with Crippen LogP contribution in [0, 0.1) is 16.0 Å². The van der Waals surface area contributed by atoms with E-state index < -0.39 is 37.5 Å².